The second-order valence-corrected chi connectivity index (χ2v) is 14.4. The number of nitrogen functional groups attached to an aromatic ring is 1. The molecule has 6 atom stereocenters. The quantitative estimate of drug-likeness (QED) is 0.125. The number of nitrogens with zero attached hydrogens (tertiary/aromatic N) is 4. The minimum Gasteiger partial charge on any atom is -0.476 e. The Bertz CT molecular complexity index is 1790. The van der Waals surface area contributed by atoms with E-state index in [0.717, 1.165) is 5.39 Å². The Labute approximate surface area is 271 Å². The fraction of sp³-hybridized carbons (Fsp3) is 0.484. The molecule has 1 aliphatic rings. The lowest BCUT2D eigenvalue weighted by molar-refractivity contribution is -0.148. The molecule has 2 aromatic carbocycles. The number of carbonyl (C=O) groups is 1. The van der Waals surface area contributed by atoms with Crippen LogP contribution in [0.3, 0.4) is 0 Å². The molecule has 4 aromatic rings. The molecule has 0 radical (unpaired) electrons. The molecule has 0 bridgehead atoms. The molecule has 1 fully saturated rings. The van der Waals surface area contributed by atoms with E-state index in [1.807, 2.05) is 45.0 Å². The highest BCUT2D eigenvalue weighted by atomic mass is 31.2. The van der Waals surface area contributed by atoms with Crippen molar-refractivity contribution in [2.75, 3.05) is 25.6 Å². The number of rotatable bonds is 12. The lowest BCUT2D eigenvalue weighted by atomic mass is 9.96. The molecular formula is C31H41N6O9P. The van der Waals surface area contributed by atoms with Gasteiger partial charge in [-0.2, -0.15) is 15.1 Å². The number of anilines is 1. The van der Waals surface area contributed by atoms with Crippen LogP contribution in [0.25, 0.3) is 21.9 Å². The fourth-order valence-electron chi connectivity index (χ4n) is 5.06. The zero-order valence-electron chi connectivity index (χ0n) is 27.1. The first-order valence-electron chi connectivity index (χ1n) is 15.2. The number of aliphatic hydroxyl groups is 2. The summed E-state index contributed by atoms with van der Waals surface area (Å²) >= 11 is 0. The average molecular weight is 673 g/mol. The number of ether oxygens (including phenoxy) is 3. The van der Waals surface area contributed by atoms with Gasteiger partial charge in [-0.05, 0) is 37.6 Å². The molecule has 1 saturated heterocycles. The van der Waals surface area contributed by atoms with Crippen LogP contribution in [0.1, 0.15) is 47.8 Å². The predicted molar refractivity (Wildman–Crippen MR) is 173 cm³/mol. The molecule has 47 heavy (non-hydrogen) atoms. The van der Waals surface area contributed by atoms with E-state index in [-0.39, 0.29) is 40.8 Å². The van der Waals surface area contributed by atoms with E-state index in [4.69, 9.17) is 29.0 Å². The van der Waals surface area contributed by atoms with Crippen LogP contribution < -0.4 is 20.1 Å². The summed E-state index contributed by atoms with van der Waals surface area (Å²) < 4.78 is 44.6. The van der Waals surface area contributed by atoms with Crippen LogP contribution in [0, 0.1) is 5.41 Å². The summed E-state index contributed by atoms with van der Waals surface area (Å²) in [6.45, 7) is 10.3. The number of imidazole rings is 1. The van der Waals surface area contributed by atoms with Gasteiger partial charge in [-0.25, -0.2) is 9.55 Å². The largest absolute Gasteiger partial charge is 0.476 e. The van der Waals surface area contributed by atoms with Crippen LogP contribution in [0.2, 0.25) is 0 Å². The van der Waals surface area contributed by atoms with Crippen molar-refractivity contribution in [1.82, 2.24) is 24.6 Å². The Morgan fingerprint density at radius 2 is 1.94 bits per heavy atom. The van der Waals surface area contributed by atoms with Crippen molar-refractivity contribution in [2.24, 2.45) is 5.41 Å². The molecule has 3 unspecified atom stereocenters. The molecule has 1 aliphatic heterocycles. The second-order valence-electron chi connectivity index (χ2n) is 12.7. The SMILES string of the molecule is CCOc1nc(N)nc2c1ncn2C1O[C@H](COP(=O)(NC(C)C(=O)OCC(C)(C)C)Oc2cccc3ccccc23)[C@@H](O)[C@@]1(C)O. The van der Waals surface area contributed by atoms with E-state index in [1.54, 1.807) is 25.1 Å². The second kappa shape index (κ2) is 13.3. The summed E-state index contributed by atoms with van der Waals surface area (Å²) in [5, 5.41) is 26.8. The number of carbonyl (C=O) groups excluding carboxylic acids is 1. The maximum atomic E-state index is 14.4. The van der Waals surface area contributed by atoms with Gasteiger partial charge in [0, 0.05) is 5.39 Å². The number of esters is 1. The van der Waals surface area contributed by atoms with E-state index < -0.39 is 50.4 Å². The maximum Gasteiger partial charge on any atom is 0.459 e. The summed E-state index contributed by atoms with van der Waals surface area (Å²) in [6.07, 6.45) is -2.61. The Balaban J connectivity index is 1.40. The van der Waals surface area contributed by atoms with Crippen LogP contribution >= 0.6 is 7.75 Å². The van der Waals surface area contributed by atoms with Gasteiger partial charge in [-0.3, -0.25) is 13.9 Å². The van der Waals surface area contributed by atoms with Gasteiger partial charge in [0.25, 0.3) is 0 Å². The van der Waals surface area contributed by atoms with Crippen LogP contribution in [0.15, 0.2) is 48.8 Å². The van der Waals surface area contributed by atoms with Gasteiger partial charge in [-0.15, -0.1) is 0 Å². The minimum atomic E-state index is -4.38. The molecule has 0 spiro atoms. The number of nitrogens with two attached hydrogens (primary N) is 1. The molecule has 0 saturated carbocycles. The number of aliphatic hydroxyl groups excluding tert-OH is 1. The molecule has 16 heteroatoms. The summed E-state index contributed by atoms with van der Waals surface area (Å²) in [5.41, 5.74) is 4.19. The van der Waals surface area contributed by atoms with E-state index >= 15 is 0 Å². The Kier molecular flexibility index (Phi) is 9.79. The summed E-state index contributed by atoms with van der Waals surface area (Å²) in [5.74, 6) is -0.364. The highest BCUT2D eigenvalue weighted by Crippen LogP contribution is 2.48. The number of hydrogen-bond acceptors (Lipinski definition) is 13. The molecule has 5 N–H and O–H groups in total. The summed E-state index contributed by atoms with van der Waals surface area (Å²) in [4.78, 5) is 25.5. The minimum absolute atomic E-state index is 0.0893. The predicted octanol–water partition coefficient (Wildman–Crippen LogP) is 3.74. The Morgan fingerprint density at radius 3 is 2.66 bits per heavy atom. The van der Waals surface area contributed by atoms with Gasteiger partial charge in [-0.1, -0.05) is 57.2 Å². The van der Waals surface area contributed by atoms with Crippen molar-refractivity contribution in [1.29, 1.82) is 0 Å². The van der Waals surface area contributed by atoms with Crippen LogP contribution in [-0.2, 0) is 23.4 Å². The average Bonchev–Trinajstić information content (AvgIpc) is 3.52. The van der Waals surface area contributed by atoms with E-state index in [2.05, 4.69) is 20.0 Å². The van der Waals surface area contributed by atoms with Crippen LogP contribution in [-0.4, -0.2) is 79.4 Å². The first-order valence-corrected chi connectivity index (χ1v) is 16.7. The number of nitrogens with one attached hydrogen (secondary N) is 1. The van der Waals surface area contributed by atoms with Gasteiger partial charge in [0.05, 0.1) is 26.1 Å². The van der Waals surface area contributed by atoms with Crippen molar-refractivity contribution < 1.29 is 42.8 Å². The van der Waals surface area contributed by atoms with Crippen LogP contribution in [0.5, 0.6) is 11.6 Å². The lowest BCUT2D eigenvalue weighted by Gasteiger charge is -2.27. The zero-order valence-corrected chi connectivity index (χ0v) is 28.0. The molecule has 15 nitrogen and oxygen atoms in total. The molecule has 254 valence electrons. The van der Waals surface area contributed by atoms with Crippen molar-refractivity contribution in [3.8, 4) is 11.6 Å². The number of hydrogen-bond donors (Lipinski definition) is 4. The molecule has 0 amide bonds. The molecule has 0 aliphatic carbocycles. The lowest BCUT2D eigenvalue weighted by Crippen LogP contribution is -2.44. The third-order valence-electron chi connectivity index (χ3n) is 7.42. The van der Waals surface area contributed by atoms with Gasteiger partial charge in [0.2, 0.25) is 11.8 Å². The summed E-state index contributed by atoms with van der Waals surface area (Å²) in [7, 11) is -4.38. The van der Waals surface area contributed by atoms with E-state index in [9.17, 15) is 19.6 Å². The van der Waals surface area contributed by atoms with Crippen molar-refractivity contribution in [3.05, 3.63) is 48.8 Å². The third kappa shape index (κ3) is 7.51. The topological polar surface area (TPSA) is 202 Å². The highest BCUT2D eigenvalue weighted by molar-refractivity contribution is 7.52. The van der Waals surface area contributed by atoms with Gasteiger partial charge in [0.15, 0.2) is 17.4 Å². The van der Waals surface area contributed by atoms with Crippen molar-refractivity contribution in [3.63, 3.8) is 0 Å². The first kappa shape index (κ1) is 34.5. The third-order valence-corrected chi connectivity index (χ3v) is 9.05. The molecule has 5 rings (SSSR count). The molecule has 3 heterocycles. The fourth-order valence-corrected chi connectivity index (χ4v) is 6.58. The Morgan fingerprint density at radius 1 is 1.21 bits per heavy atom. The smallest absolute Gasteiger partial charge is 0.459 e. The van der Waals surface area contributed by atoms with Crippen LogP contribution in [0.4, 0.5) is 5.95 Å². The highest BCUT2D eigenvalue weighted by Gasteiger charge is 2.54. The molecular weight excluding hydrogens is 631 g/mol. The number of benzene rings is 2. The van der Waals surface area contributed by atoms with Crippen molar-refractivity contribution >= 4 is 41.6 Å². The van der Waals surface area contributed by atoms with Gasteiger partial charge >= 0.3 is 13.7 Å². The normalized spacial score (nSPS) is 23.4. The maximum absolute atomic E-state index is 14.4. The number of aromatic nitrogens is 4. The van der Waals surface area contributed by atoms with Gasteiger partial charge < -0.3 is 34.7 Å². The number of fused-ring (bicyclic) bond motifs is 2. The van der Waals surface area contributed by atoms with Gasteiger partial charge in [0.1, 0.15) is 29.6 Å². The zero-order chi connectivity index (χ0) is 34.1. The first-order chi connectivity index (χ1) is 22.1. The Hall–Kier alpha value is -3.85. The van der Waals surface area contributed by atoms with E-state index in [1.165, 1.54) is 24.7 Å². The standard InChI is InChI=1S/C31H41N6O9P/c1-7-42-26-23-25(34-29(32)35-26)37(17-33-23)28-31(6,40)24(38)22(45-28)15-44-47(41,36-18(2)27(39)43-16-30(3,4)5)46-21-14-10-12-19-11-8-9-13-20(19)21/h8-14,17-18,22,24,28,38,40H,7,15-16H2,1-6H3,(H,36,41)(H2,32,34,35)/t18?,22-,24-,28?,31-,47?/m1/s1. The van der Waals surface area contributed by atoms with E-state index in [0.29, 0.717) is 12.0 Å². The molecule has 2 aromatic heterocycles. The summed E-state index contributed by atoms with van der Waals surface area (Å²) in [6, 6.07) is 11.5. The van der Waals surface area contributed by atoms with Crippen molar-refractivity contribution in [2.45, 2.75) is 71.6 Å². The monoisotopic (exact) mass is 672 g/mol.